The van der Waals surface area contributed by atoms with Gasteiger partial charge in [-0.05, 0) is 78.6 Å². The molecule has 2 rings (SSSR count). The number of hydrogen-bond donors (Lipinski definition) is 2. The predicted octanol–water partition coefficient (Wildman–Crippen LogP) is 4.54. The SMILES string of the molecule is C#Cc1ccc(C(C(=O)NC(Cc2ccccc2)C(=O)OC(C)(C)C)N(CC)C(=O)C(C)NC(=O)OC(C)(C)C)cc1. The number of terminal acetylenes is 1. The molecule has 0 heterocycles. The molecular weight excluding hydrogens is 534 g/mol. The standard InChI is InChI=1S/C33H43N3O6/c1-10-23-17-19-25(20-18-23)27(36(11-2)29(38)22(3)34-31(40)42-33(7,8)9)28(37)35-26(30(39)41-32(4,5)6)21-24-15-13-12-14-16-24/h1,12-20,22,26-27H,11,21H2,2-9H3,(H,34,40)(H,35,37). The van der Waals surface area contributed by atoms with Gasteiger partial charge in [-0.15, -0.1) is 6.42 Å². The zero-order valence-electron chi connectivity index (χ0n) is 25.8. The van der Waals surface area contributed by atoms with Crippen LogP contribution in [0, 0.1) is 12.3 Å². The molecule has 0 fully saturated rings. The van der Waals surface area contributed by atoms with E-state index in [1.807, 2.05) is 30.3 Å². The van der Waals surface area contributed by atoms with Crippen molar-refractivity contribution < 1.29 is 28.7 Å². The summed E-state index contributed by atoms with van der Waals surface area (Å²) in [7, 11) is 0. The first kappa shape index (κ1) is 33.9. The minimum Gasteiger partial charge on any atom is -0.458 e. The van der Waals surface area contributed by atoms with Gasteiger partial charge in [-0.25, -0.2) is 9.59 Å². The largest absolute Gasteiger partial charge is 0.458 e. The van der Waals surface area contributed by atoms with E-state index in [-0.39, 0.29) is 13.0 Å². The molecule has 2 aromatic carbocycles. The average molecular weight is 578 g/mol. The van der Waals surface area contributed by atoms with Crippen molar-refractivity contribution in [2.24, 2.45) is 0 Å². The molecule has 0 aromatic heterocycles. The Labute approximate surface area is 249 Å². The highest BCUT2D eigenvalue weighted by Crippen LogP contribution is 2.24. The van der Waals surface area contributed by atoms with Crippen LogP contribution in [0.4, 0.5) is 4.79 Å². The summed E-state index contributed by atoms with van der Waals surface area (Å²) in [6, 6.07) is 12.8. The highest BCUT2D eigenvalue weighted by atomic mass is 16.6. The Balaban J connectivity index is 2.46. The van der Waals surface area contributed by atoms with E-state index in [4.69, 9.17) is 15.9 Å². The summed E-state index contributed by atoms with van der Waals surface area (Å²) in [6.07, 6.45) is 4.95. The Bertz CT molecular complexity index is 1270. The first-order valence-electron chi connectivity index (χ1n) is 14.0. The van der Waals surface area contributed by atoms with Crippen LogP contribution in [-0.2, 0) is 30.3 Å². The molecule has 2 N–H and O–H groups in total. The molecule has 3 amide bonds. The van der Waals surface area contributed by atoms with Gasteiger partial charge in [0.1, 0.15) is 29.3 Å². The summed E-state index contributed by atoms with van der Waals surface area (Å²) in [5, 5.41) is 5.38. The van der Waals surface area contributed by atoms with Gasteiger partial charge in [-0.2, -0.15) is 0 Å². The van der Waals surface area contributed by atoms with Crippen molar-refractivity contribution in [3.05, 3.63) is 71.3 Å². The Morgan fingerprint density at radius 2 is 1.45 bits per heavy atom. The number of nitrogens with one attached hydrogen (secondary N) is 2. The lowest BCUT2D eigenvalue weighted by molar-refractivity contribution is -0.159. The van der Waals surface area contributed by atoms with Crippen LogP contribution >= 0.6 is 0 Å². The minimum absolute atomic E-state index is 0.129. The molecule has 3 unspecified atom stereocenters. The molecule has 42 heavy (non-hydrogen) atoms. The molecule has 3 atom stereocenters. The van der Waals surface area contributed by atoms with E-state index in [1.54, 1.807) is 72.7 Å². The van der Waals surface area contributed by atoms with E-state index in [0.717, 1.165) is 5.56 Å². The van der Waals surface area contributed by atoms with Crippen molar-refractivity contribution in [2.45, 2.75) is 91.1 Å². The number of nitrogens with zero attached hydrogens (tertiary/aromatic N) is 1. The van der Waals surface area contributed by atoms with E-state index in [2.05, 4.69) is 16.6 Å². The van der Waals surface area contributed by atoms with Gasteiger partial charge in [-0.3, -0.25) is 9.59 Å². The van der Waals surface area contributed by atoms with Crippen molar-refractivity contribution in [3.8, 4) is 12.3 Å². The second-order valence-corrected chi connectivity index (χ2v) is 11.9. The summed E-state index contributed by atoms with van der Waals surface area (Å²) in [5.41, 5.74) is 0.363. The lowest BCUT2D eigenvalue weighted by Crippen LogP contribution is -2.54. The molecule has 0 spiro atoms. The van der Waals surface area contributed by atoms with Gasteiger partial charge in [0.05, 0.1) is 0 Å². The first-order chi connectivity index (χ1) is 19.5. The molecule has 0 saturated carbocycles. The molecule has 226 valence electrons. The monoisotopic (exact) mass is 577 g/mol. The molecule has 0 bridgehead atoms. The summed E-state index contributed by atoms with van der Waals surface area (Å²) in [4.78, 5) is 54.7. The first-order valence-corrected chi connectivity index (χ1v) is 14.0. The van der Waals surface area contributed by atoms with Gasteiger partial charge < -0.3 is 25.0 Å². The molecule has 0 aliphatic rings. The van der Waals surface area contributed by atoms with Crippen LogP contribution in [0.2, 0.25) is 0 Å². The van der Waals surface area contributed by atoms with E-state index in [9.17, 15) is 19.2 Å². The molecule has 2 aromatic rings. The van der Waals surface area contributed by atoms with E-state index < -0.39 is 53.2 Å². The molecule has 0 aliphatic carbocycles. The number of benzene rings is 2. The number of ether oxygens (including phenoxy) is 2. The number of carbonyl (C=O) groups excluding carboxylic acids is 4. The van der Waals surface area contributed by atoms with Gasteiger partial charge in [0.2, 0.25) is 11.8 Å². The van der Waals surface area contributed by atoms with E-state index in [0.29, 0.717) is 11.1 Å². The Morgan fingerprint density at radius 1 is 0.881 bits per heavy atom. The summed E-state index contributed by atoms with van der Waals surface area (Å²) in [5.74, 6) is 0.837. The lowest BCUT2D eigenvalue weighted by Gasteiger charge is -2.34. The van der Waals surface area contributed by atoms with E-state index >= 15 is 0 Å². The Hall–Kier alpha value is -4.32. The highest BCUT2D eigenvalue weighted by Gasteiger charge is 2.36. The number of likely N-dealkylation sites (N-methyl/N-ethyl adjacent to an activating group) is 1. The average Bonchev–Trinajstić information content (AvgIpc) is 2.89. The maximum atomic E-state index is 14.0. The van der Waals surface area contributed by atoms with Crippen LogP contribution in [0.3, 0.4) is 0 Å². The number of esters is 1. The molecule has 0 radical (unpaired) electrons. The number of carbonyl (C=O) groups is 4. The van der Waals surface area contributed by atoms with Gasteiger partial charge in [-0.1, -0.05) is 48.4 Å². The molecule has 9 heteroatoms. The summed E-state index contributed by atoms with van der Waals surface area (Å²) >= 11 is 0. The third-order valence-corrected chi connectivity index (χ3v) is 5.97. The number of amides is 3. The van der Waals surface area contributed by atoms with Crippen LogP contribution < -0.4 is 10.6 Å². The maximum absolute atomic E-state index is 14.0. The van der Waals surface area contributed by atoms with Crippen molar-refractivity contribution >= 4 is 23.9 Å². The zero-order valence-corrected chi connectivity index (χ0v) is 25.8. The fraction of sp³-hybridized carbons (Fsp3) is 0.455. The van der Waals surface area contributed by atoms with Crippen molar-refractivity contribution in [1.82, 2.24) is 15.5 Å². The second-order valence-electron chi connectivity index (χ2n) is 11.9. The predicted molar refractivity (Wildman–Crippen MR) is 161 cm³/mol. The van der Waals surface area contributed by atoms with Crippen molar-refractivity contribution in [1.29, 1.82) is 0 Å². The molecule has 0 aliphatic heterocycles. The molecule has 0 saturated heterocycles. The van der Waals surface area contributed by atoms with Crippen LogP contribution in [0.15, 0.2) is 54.6 Å². The number of rotatable bonds is 10. The quantitative estimate of drug-likeness (QED) is 0.317. The van der Waals surface area contributed by atoms with Crippen LogP contribution in [0.1, 0.15) is 78.1 Å². The Morgan fingerprint density at radius 3 is 1.95 bits per heavy atom. The maximum Gasteiger partial charge on any atom is 0.408 e. The minimum atomic E-state index is -1.14. The van der Waals surface area contributed by atoms with Crippen LogP contribution in [-0.4, -0.2) is 58.6 Å². The smallest absolute Gasteiger partial charge is 0.408 e. The van der Waals surface area contributed by atoms with Crippen molar-refractivity contribution in [2.75, 3.05) is 6.54 Å². The molecule has 9 nitrogen and oxygen atoms in total. The number of alkyl carbamates (subject to hydrolysis) is 1. The van der Waals surface area contributed by atoms with Gasteiger partial charge in [0, 0.05) is 18.5 Å². The fourth-order valence-corrected chi connectivity index (χ4v) is 4.16. The third-order valence-electron chi connectivity index (χ3n) is 5.97. The summed E-state index contributed by atoms with van der Waals surface area (Å²) < 4.78 is 10.9. The lowest BCUT2D eigenvalue weighted by atomic mass is 10.00. The molecular formula is C33H43N3O6. The third kappa shape index (κ3) is 10.6. The van der Waals surface area contributed by atoms with Gasteiger partial charge in [0.15, 0.2) is 0 Å². The van der Waals surface area contributed by atoms with Crippen LogP contribution in [0.5, 0.6) is 0 Å². The second kappa shape index (κ2) is 14.5. The topological polar surface area (TPSA) is 114 Å². The Kier molecular flexibility index (Phi) is 11.7. The van der Waals surface area contributed by atoms with E-state index in [1.165, 1.54) is 11.8 Å². The highest BCUT2D eigenvalue weighted by molar-refractivity contribution is 5.93. The fourth-order valence-electron chi connectivity index (χ4n) is 4.16. The van der Waals surface area contributed by atoms with Gasteiger partial charge >= 0.3 is 12.1 Å². The normalized spacial score (nSPS) is 13.5. The van der Waals surface area contributed by atoms with Crippen LogP contribution in [0.25, 0.3) is 0 Å². The zero-order chi connectivity index (χ0) is 31.7. The number of hydrogen-bond acceptors (Lipinski definition) is 6. The summed E-state index contributed by atoms with van der Waals surface area (Å²) in [6.45, 7) is 13.8. The van der Waals surface area contributed by atoms with Crippen molar-refractivity contribution in [3.63, 3.8) is 0 Å². The van der Waals surface area contributed by atoms with Gasteiger partial charge in [0.25, 0.3) is 0 Å².